The zero-order valence-corrected chi connectivity index (χ0v) is 15.9. The van der Waals surface area contributed by atoms with Gasteiger partial charge in [-0.3, -0.25) is 0 Å². The van der Waals surface area contributed by atoms with E-state index in [2.05, 4.69) is 49.6 Å². The van der Waals surface area contributed by atoms with E-state index in [9.17, 15) is 0 Å². The highest BCUT2D eigenvalue weighted by Crippen LogP contribution is 2.19. The van der Waals surface area contributed by atoms with Crippen LogP contribution in [-0.4, -0.2) is 12.1 Å². The van der Waals surface area contributed by atoms with E-state index in [-0.39, 0.29) is 0 Å². The molecule has 1 unspecified atom stereocenters. The topological polar surface area (TPSA) is 47.8 Å². The van der Waals surface area contributed by atoms with Crippen LogP contribution in [0.3, 0.4) is 0 Å². The van der Waals surface area contributed by atoms with Crippen LogP contribution in [0.25, 0.3) is 0 Å². The average Bonchev–Trinajstić information content (AvgIpc) is 2.60. The zero-order valence-electron chi connectivity index (χ0n) is 15.1. The van der Waals surface area contributed by atoms with Gasteiger partial charge in [-0.2, -0.15) is 5.26 Å². The fourth-order valence-electron chi connectivity index (χ4n) is 2.67. The molecule has 2 rings (SSSR count). The van der Waals surface area contributed by atoms with Crippen molar-refractivity contribution >= 4 is 11.6 Å². The number of benzene rings is 2. The first-order valence-corrected chi connectivity index (χ1v) is 9.09. The van der Waals surface area contributed by atoms with Crippen molar-refractivity contribution in [2.24, 2.45) is 0 Å². The van der Waals surface area contributed by atoms with Crippen LogP contribution in [0.1, 0.15) is 43.0 Å². The van der Waals surface area contributed by atoms with Crippen molar-refractivity contribution in [3.8, 4) is 6.07 Å². The Morgan fingerprint density at radius 3 is 2.52 bits per heavy atom. The Morgan fingerprint density at radius 2 is 1.80 bits per heavy atom. The monoisotopic (exact) mass is 355 g/mol. The number of hydrogen-bond acceptors (Lipinski definition) is 3. The lowest BCUT2D eigenvalue weighted by Crippen LogP contribution is -2.27. The van der Waals surface area contributed by atoms with Crippen molar-refractivity contribution in [2.75, 3.05) is 0 Å². The summed E-state index contributed by atoms with van der Waals surface area (Å²) in [6, 6.07) is 16.9. The van der Waals surface area contributed by atoms with Gasteiger partial charge in [0, 0.05) is 30.2 Å². The highest BCUT2D eigenvalue weighted by Gasteiger charge is 2.07. The van der Waals surface area contributed by atoms with Crippen LogP contribution in [0.2, 0.25) is 5.02 Å². The Balaban J connectivity index is 1.92. The van der Waals surface area contributed by atoms with E-state index in [1.807, 2.05) is 30.3 Å². The number of rotatable bonds is 8. The highest BCUT2D eigenvalue weighted by molar-refractivity contribution is 6.31. The van der Waals surface area contributed by atoms with Crippen molar-refractivity contribution in [2.45, 2.75) is 52.4 Å². The lowest BCUT2D eigenvalue weighted by molar-refractivity contribution is 0.544. The molecule has 25 heavy (non-hydrogen) atoms. The van der Waals surface area contributed by atoms with E-state index in [0.29, 0.717) is 17.6 Å². The number of nitrogens with zero attached hydrogens (tertiary/aromatic N) is 1. The summed E-state index contributed by atoms with van der Waals surface area (Å²) in [7, 11) is 0. The van der Waals surface area contributed by atoms with Gasteiger partial charge in [-0.05, 0) is 48.2 Å². The molecule has 1 atom stereocenters. The Morgan fingerprint density at radius 1 is 1.00 bits per heavy atom. The van der Waals surface area contributed by atoms with Gasteiger partial charge in [0.2, 0.25) is 0 Å². The smallest absolute Gasteiger partial charge is 0.0991 e. The summed E-state index contributed by atoms with van der Waals surface area (Å²) in [6.07, 6.45) is 0.934. The molecule has 0 saturated heterocycles. The van der Waals surface area contributed by atoms with Gasteiger partial charge in [0.05, 0.1) is 11.6 Å². The molecule has 2 aromatic rings. The average molecular weight is 356 g/mol. The minimum atomic E-state index is 0.331. The van der Waals surface area contributed by atoms with Crippen LogP contribution >= 0.6 is 11.6 Å². The summed E-state index contributed by atoms with van der Waals surface area (Å²) in [5.74, 6) is 0. The van der Waals surface area contributed by atoms with E-state index < -0.39 is 0 Å². The molecule has 0 fully saturated rings. The normalized spacial score (nSPS) is 12.2. The first-order chi connectivity index (χ1) is 12.0. The van der Waals surface area contributed by atoms with Crippen LogP contribution < -0.4 is 10.6 Å². The van der Waals surface area contributed by atoms with E-state index in [1.54, 1.807) is 0 Å². The second-order valence-electron chi connectivity index (χ2n) is 6.76. The molecular formula is C21H26ClN3. The second-order valence-corrected chi connectivity index (χ2v) is 7.17. The van der Waals surface area contributed by atoms with Crippen LogP contribution in [0.5, 0.6) is 0 Å². The standard InChI is InChI=1S/C21H26ClN3/c1-15(2)24-14-20-11-17(7-8-21(20)22)9-16(3)25-13-19-6-4-5-18(10-19)12-23/h4-8,10-11,15-16,24-25H,9,13-14H2,1-3H3. The van der Waals surface area contributed by atoms with E-state index in [0.717, 1.165) is 35.7 Å². The maximum Gasteiger partial charge on any atom is 0.0991 e. The van der Waals surface area contributed by atoms with E-state index in [4.69, 9.17) is 16.9 Å². The van der Waals surface area contributed by atoms with Crippen LogP contribution in [0.4, 0.5) is 0 Å². The van der Waals surface area contributed by atoms with Gasteiger partial charge < -0.3 is 10.6 Å². The van der Waals surface area contributed by atoms with Crippen LogP contribution in [-0.2, 0) is 19.5 Å². The molecule has 0 heterocycles. The first-order valence-electron chi connectivity index (χ1n) is 8.71. The Kier molecular flexibility index (Phi) is 7.46. The molecule has 0 aliphatic carbocycles. The van der Waals surface area contributed by atoms with E-state index in [1.165, 1.54) is 5.56 Å². The van der Waals surface area contributed by atoms with Gasteiger partial charge in [-0.1, -0.05) is 49.7 Å². The molecule has 132 valence electrons. The number of halogens is 1. The summed E-state index contributed by atoms with van der Waals surface area (Å²) in [5.41, 5.74) is 4.24. The zero-order chi connectivity index (χ0) is 18.2. The number of nitriles is 1. The van der Waals surface area contributed by atoms with Crippen molar-refractivity contribution in [1.29, 1.82) is 5.26 Å². The van der Waals surface area contributed by atoms with Gasteiger partial charge in [0.25, 0.3) is 0 Å². The first kappa shape index (κ1) is 19.5. The lowest BCUT2D eigenvalue weighted by atomic mass is 10.0. The maximum atomic E-state index is 8.97. The van der Waals surface area contributed by atoms with Gasteiger partial charge in [0.15, 0.2) is 0 Å². The third-order valence-electron chi connectivity index (χ3n) is 4.06. The van der Waals surface area contributed by atoms with E-state index >= 15 is 0 Å². The highest BCUT2D eigenvalue weighted by atomic mass is 35.5. The van der Waals surface area contributed by atoms with Crippen LogP contribution in [0, 0.1) is 11.3 Å². The fourth-order valence-corrected chi connectivity index (χ4v) is 2.86. The third kappa shape index (κ3) is 6.51. The molecule has 0 amide bonds. The maximum absolute atomic E-state index is 8.97. The predicted molar refractivity (Wildman–Crippen MR) is 105 cm³/mol. The van der Waals surface area contributed by atoms with Crippen LogP contribution in [0.15, 0.2) is 42.5 Å². The molecule has 0 spiro atoms. The molecule has 2 N–H and O–H groups in total. The summed E-state index contributed by atoms with van der Waals surface area (Å²) < 4.78 is 0. The third-order valence-corrected chi connectivity index (χ3v) is 4.43. The fraction of sp³-hybridized carbons (Fsp3) is 0.381. The summed E-state index contributed by atoms with van der Waals surface area (Å²) in [5, 5.41) is 16.7. The SMILES string of the molecule is CC(C)NCc1cc(CC(C)NCc2cccc(C#N)c2)ccc1Cl. The molecule has 4 heteroatoms. The van der Waals surface area contributed by atoms with Crippen molar-refractivity contribution in [1.82, 2.24) is 10.6 Å². The summed E-state index contributed by atoms with van der Waals surface area (Å²) >= 11 is 6.30. The predicted octanol–water partition coefficient (Wildman–Crippen LogP) is 4.43. The molecule has 0 bridgehead atoms. The van der Waals surface area contributed by atoms with Gasteiger partial charge >= 0.3 is 0 Å². The Hall–Kier alpha value is -1.86. The Bertz CT molecular complexity index is 734. The van der Waals surface area contributed by atoms with Crippen molar-refractivity contribution in [3.63, 3.8) is 0 Å². The summed E-state index contributed by atoms with van der Waals surface area (Å²) in [4.78, 5) is 0. The quantitative estimate of drug-likeness (QED) is 0.736. The Labute approximate surface area is 156 Å². The molecule has 0 aromatic heterocycles. The summed E-state index contributed by atoms with van der Waals surface area (Å²) in [6.45, 7) is 7.98. The molecule has 0 saturated carbocycles. The molecule has 2 aromatic carbocycles. The lowest BCUT2D eigenvalue weighted by Gasteiger charge is -2.16. The van der Waals surface area contributed by atoms with Crippen molar-refractivity contribution < 1.29 is 0 Å². The molecule has 0 radical (unpaired) electrons. The van der Waals surface area contributed by atoms with Gasteiger partial charge in [-0.25, -0.2) is 0 Å². The molecule has 0 aliphatic rings. The molecular weight excluding hydrogens is 330 g/mol. The minimum absolute atomic E-state index is 0.331. The van der Waals surface area contributed by atoms with Gasteiger partial charge in [-0.15, -0.1) is 0 Å². The number of nitrogens with one attached hydrogen (secondary N) is 2. The minimum Gasteiger partial charge on any atom is -0.310 e. The van der Waals surface area contributed by atoms with Gasteiger partial charge in [0.1, 0.15) is 0 Å². The largest absolute Gasteiger partial charge is 0.310 e. The van der Waals surface area contributed by atoms with Crippen molar-refractivity contribution in [3.05, 3.63) is 69.7 Å². The molecule has 0 aliphatic heterocycles. The second kappa shape index (κ2) is 9.58. The number of hydrogen-bond donors (Lipinski definition) is 2. The molecule has 3 nitrogen and oxygen atoms in total.